The van der Waals surface area contributed by atoms with E-state index in [2.05, 4.69) is 174 Å². The van der Waals surface area contributed by atoms with Crippen molar-refractivity contribution in [1.29, 1.82) is 0 Å². The molecule has 2 heterocycles. The number of ether oxygens (including phenoxy) is 1. The standard InChI is InChI=1S/C12H12.C10H10.C9H9N.C9H10.C7H8O2.C7H8.C6H8.2C4H8.C4H6.6C2H6/c1-8-5-10-7-9-3-2-4-11(9)12(10)6-8;1-8-6-9-4-2-3-5-10(9)7-8;1-7-6-8-4-2-3-5-9(8)10-7;1-7-5-8-3-2-4-9(8)6-7;1-3-6-4-5(2)9-7(6)8;1-7-5-3-2-4-6-7;1-6-4-2-3-5-6;3*1-3-4-2;6*1-2/h2-3,5H,4,6-7H2,1H3;2-6H,7H2,1H3;2-5H,6H2,1H3;2-3,6H,4-5H2,1H3;3-4H,1-2H3;2-6H,1H3;2-4H,5H2,1H3;2*3-4H,1-2H3;1-2H3;6*1-2H3/b;;;;6-3-;;;4-3+;4-3-;;;;;;;. The number of carbonyl (C=O) groups is 1. The van der Waals surface area contributed by atoms with E-state index in [1.54, 1.807) is 58.1 Å². The Kier molecular flexibility index (Phi) is 57.2. The summed E-state index contributed by atoms with van der Waals surface area (Å²) in [5.74, 6) is 5.79. The predicted octanol–water partition coefficient (Wildman–Crippen LogP) is 26.5. The van der Waals surface area contributed by atoms with Crippen molar-refractivity contribution in [3.05, 3.63) is 259 Å². The Morgan fingerprint density at radius 3 is 1.39 bits per heavy atom. The van der Waals surface area contributed by atoms with E-state index in [1.165, 1.54) is 83.2 Å². The SMILES string of the molecule is C/C=C/C.C/C=C1/C=C(C)OC1=O.C/C=C\C.CC.CC.CC.CC.CC.CC.CC#CC.CC1=CC2=C(C1)C1=C(C=CC1)C2.CC1=CC2=C(C=CC2)C1.CC1=CC=CC1.CC1=Cc2ccccc2C1.CC1=Nc2ccccc2C1.Cc1ccccc1. The van der Waals surface area contributed by atoms with Gasteiger partial charge in [0.25, 0.3) is 0 Å². The van der Waals surface area contributed by atoms with E-state index >= 15 is 0 Å². The van der Waals surface area contributed by atoms with Gasteiger partial charge in [-0.15, -0.1) is 11.8 Å². The summed E-state index contributed by atoms with van der Waals surface area (Å²) in [4.78, 5) is 15.0. The maximum Gasteiger partial charge on any atom is 0.342 e. The number of hydrogen-bond donors (Lipinski definition) is 0. The lowest BCUT2D eigenvalue weighted by molar-refractivity contribution is -0.133. The third-order valence-electron chi connectivity index (χ3n) is 12.6. The van der Waals surface area contributed by atoms with Crippen molar-refractivity contribution in [1.82, 2.24) is 0 Å². The fourth-order valence-corrected chi connectivity index (χ4v) is 8.61. The smallest absolute Gasteiger partial charge is 0.342 e. The molecule has 0 N–H and O–H groups in total. The molecule has 2 aliphatic heterocycles. The molecule has 0 unspecified atom stereocenters. The van der Waals surface area contributed by atoms with Crippen molar-refractivity contribution in [3.8, 4) is 11.8 Å². The largest absolute Gasteiger partial charge is 0.428 e. The van der Waals surface area contributed by atoms with E-state index in [4.69, 9.17) is 4.74 Å². The average molecular weight is 1180 g/mol. The average Bonchev–Trinajstić information content (AvgIpc) is 1.87. The third-order valence-corrected chi connectivity index (χ3v) is 12.6. The molecule has 3 aromatic carbocycles. The van der Waals surface area contributed by atoms with Crippen LogP contribution in [0.25, 0.3) is 6.08 Å². The van der Waals surface area contributed by atoms with Crippen LogP contribution in [0.2, 0.25) is 0 Å². The van der Waals surface area contributed by atoms with E-state index in [0.717, 1.165) is 18.5 Å². The number of hydrogen-bond acceptors (Lipinski definition) is 3. The first-order chi connectivity index (χ1) is 42.2. The second-order valence-electron chi connectivity index (χ2n) is 19.3. The van der Waals surface area contributed by atoms with Crippen molar-refractivity contribution in [2.24, 2.45) is 4.99 Å². The first-order valence-electron chi connectivity index (χ1n) is 32.8. The molecule has 476 valence electrons. The molecule has 0 bridgehead atoms. The molecule has 0 saturated carbocycles. The summed E-state index contributed by atoms with van der Waals surface area (Å²) in [5, 5.41) is 0. The highest BCUT2D eigenvalue weighted by Gasteiger charge is 2.26. The molecule has 3 aromatic rings. The maximum atomic E-state index is 10.7. The van der Waals surface area contributed by atoms with Crippen molar-refractivity contribution in [2.45, 2.75) is 231 Å². The summed E-state index contributed by atoms with van der Waals surface area (Å²) >= 11 is 0. The molecular formula is C84H123NO2. The van der Waals surface area contributed by atoms with E-state index in [0.29, 0.717) is 11.3 Å². The predicted molar refractivity (Wildman–Crippen MR) is 397 cm³/mol. The van der Waals surface area contributed by atoms with Gasteiger partial charge in [0.2, 0.25) is 0 Å². The van der Waals surface area contributed by atoms with Crippen LogP contribution in [-0.2, 0) is 22.4 Å². The Labute approximate surface area is 537 Å². The van der Waals surface area contributed by atoms with E-state index in [1.807, 2.05) is 180 Å². The lowest BCUT2D eigenvalue weighted by Crippen LogP contribution is -1.95. The third kappa shape index (κ3) is 37.8. The molecule has 0 saturated heterocycles. The molecule has 0 radical (unpaired) electrons. The fraction of sp³-hybridized carbons (Fsp3) is 0.405. The number of nitrogens with zero attached hydrogens (tertiary/aromatic N) is 1. The molecule has 3 heteroatoms. The molecule has 0 atom stereocenters. The first-order valence-corrected chi connectivity index (χ1v) is 32.8. The van der Waals surface area contributed by atoms with E-state index < -0.39 is 0 Å². The minimum Gasteiger partial charge on any atom is -0.428 e. The minimum atomic E-state index is -0.241. The summed E-state index contributed by atoms with van der Waals surface area (Å²) in [6.45, 7) is 52.1. The van der Waals surface area contributed by atoms with Crippen LogP contribution >= 0.6 is 0 Å². The molecule has 0 fully saturated rings. The van der Waals surface area contributed by atoms with E-state index in [9.17, 15) is 4.79 Å². The van der Waals surface area contributed by atoms with E-state index in [-0.39, 0.29) is 5.97 Å². The molecule has 9 aliphatic rings. The highest BCUT2D eigenvalue weighted by Crippen LogP contribution is 2.45. The molecule has 0 amide bonds. The zero-order valence-electron chi connectivity index (χ0n) is 60.2. The number of esters is 1. The van der Waals surface area contributed by atoms with Gasteiger partial charge in [0.05, 0.1) is 11.3 Å². The Hall–Kier alpha value is -7.28. The van der Waals surface area contributed by atoms with Gasteiger partial charge in [-0.2, -0.15) is 0 Å². The van der Waals surface area contributed by atoms with Gasteiger partial charge in [0, 0.05) is 12.1 Å². The number of carbonyl (C=O) groups excluding carboxylic acids is 1. The molecule has 12 rings (SSSR count). The number of aliphatic imine (C=N–C) groups is 1. The Balaban J connectivity index is -0.000000438. The molecule has 0 aromatic heterocycles. The van der Waals surface area contributed by atoms with Crippen LogP contribution in [0.3, 0.4) is 0 Å². The molecule has 87 heavy (non-hydrogen) atoms. The number of aryl methyl sites for hydroxylation is 1. The summed E-state index contributed by atoms with van der Waals surface area (Å²) < 4.78 is 4.72. The number of allylic oxidation sites excluding steroid dienone is 25. The molecule has 7 aliphatic carbocycles. The van der Waals surface area contributed by atoms with Crippen molar-refractivity contribution < 1.29 is 9.53 Å². The Morgan fingerprint density at radius 2 is 0.954 bits per heavy atom. The number of cyclic esters (lactones) is 1. The van der Waals surface area contributed by atoms with Gasteiger partial charge in [0.1, 0.15) is 5.76 Å². The lowest BCUT2D eigenvalue weighted by Gasteiger charge is -2.01. The lowest BCUT2D eigenvalue weighted by atomic mass is 10.0. The number of para-hydroxylation sites is 1. The van der Waals surface area contributed by atoms with Crippen LogP contribution in [0.15, 0.2) is 242 Å². The second kappa shape index (κ2) is 57.8. The van der Waals surface area contributed by atoms with Crippen molar-refractivity contribution in [2.75, 3.05) is 0 Å². The van der Waals surface area contributed by atoms with Gasteiger partial charge >= 0.3 is 5.97 Å². The summed E-state index contributed by atoms with van der Waals surface area (Å²) in [7, 11) is 0. The number of benzene rings is 3. The quantitative estimate of drug-likeness (QED) is 0.0974. The van der Waals surface area contributed by atoms with Gasteiger partial charge in [-0.3, -0.25) is 4.99 Å². The fourth-order valence-electron chi connectivity index (χ4n) is 8.61. The van der Waals surface area contributed by atoms with Crippen LogP contribution in [0.5, 0.6) is 0 Å². The Morgan fingerprint density at radius 1 is 0.448 bits per heavy atom. The van der Waals surface area contributed by atoms with Crippen LogP contribution in [0.1, 0.15) is 234 Å². The minimum absolute atomic E-state index is 0.241. The highest BCUT2D eigenvalue weighted by atomic mass is 16.5. The second-order valence-corrected chi connectivity index (χ2v) is 19.3. The maximum absolute atomic E-state index is 10.7. The topological polar surface area (TPSA) is 38.7 Å². The van der Waals surface area contributed by atoms with Crippen LogP contribution in [0.4, 0.5) is 5.69 Å². The normalized spacial score (nSPS) is 15.0. The van der Waals surface area contributed by atoms with Crippen molar-refractivity contribution >= 4 is 23.4 Å². The summed E-state index contributed by atoms with van der Waals surface area (Å²) in [6, 6.07) is 27.1. The van der Waals surface area contributed by atoms with Gasteiger partial charge in [-0.05, 0) is 204 Å². The van der Waals surface area contributed by atoms with Crippen molar-refractivity contribution in [3.63, 3.8) is 0 Å². The van der Waals surface area contributed by atoms with Crippen LogP contribution in [-0.4, -0.2) is 11.7 Å². The summed E-state index contributed by atoms with van der Waals surface area (Å²) in [6.07, 6.45) is 43.2. The first kappa shape index (κ1) is 86.2. The van der Waals surface area contributed by atoms with Gasteiger partial charge in [-0.1, -0.05) is 275 Å². The zero-order valence-corrected chi connectivity index (χ0v) is 60.2. The van der Waals surface area contributed by atoms with Crippen LogP contribution in [0, 0.1) is 18.8 Å². The zero-order chi connectivity index (χ0) is 67.0. The Bertz CT molecular complexity index is 2830. The van der Waals surface area contributed by atoms with Crippen LogP contribution < -0.4 is 0 Å². The highest BCUT2D eigenvalue weighted by molar-refractivity contribution is 5.94. The molecule has 3 nitrogen and oxygen atoms in total. The number of rotatable bonds is 0. The molecular weight excluding hydrogens is 1050 g/mol. The number of fused-ring (bicyclic) bond motifs is 3. The van der Waals surface area contributed by atoms with Gasteiger partial charge in [0.15, 0.2) is 0 Å². The monoisotopic (exact) mass is 1180 g/mol. The summed E-state index contributed by atoms with van der Waals surface area (Å²) in [5.41, 5.74) is 24.1. The van der Waals surface area contributed by atoms with Gasteiger partial charge in [-0.25, -0.2) is 4.79 Å². The van der Waals surface area contributed by atoms with Gasteiger partial charge < -0.3 is 4.74 Å². The molecule has 0 spiro atoms.